The lowest BCUT2D eigenvalue weighted by molar-refractivity contribution is 0.554. The van der Waals surface area contributed by atoms with Gasteiger partial charge in [-0.3, -0.25) is 0 Å². The molecule has 0 aliphatic carbocycles. The highest BCUT2D eigenvalue weighted by molar-refractivity contribution is 5.65. The van der Waals surface area contributed by atoms with Crippen molar-refractivity contribution >= 4 is 6.08 Å². The van der Waals surface area contributed by atoms with E-state index in [0.29, 0.717) is 0 Å². The van der Waals surface area contributed by atoms with Gasteiger partial charge in [-0.2, -0.15) is 0 Å². The number of benzene rings is 3. The lowest BCUT2D eigenvalue weighted by atomic mass is 9.93. The van der Waals surface area contributed by atoms with Crippen LogP contribution in [0.15, 0.2) is 85.4 Å². The molecular formula is C24H27N. The van der Waals surface area contributed by atoms with Crippen LogP contribution < -0.4 is 5.73 Å². The number of rotatable bonds is 3. The predicted molar refractivity (Wildman–Crippen MR) is 110 cm³/mol. The van der Waals surface area contributed by atoms with Crippen LogP contribution in [0, 0.1) is 6.92 Å². The molecule has 0 atom stereocenters. The summed E-state index contributed by atoms with van der Waals surface area (Å²) in [5.74, 6) is 0. The molecule has 0 unspecified atom stereocenters. The number of hydrogen-bond donors (Lipinski definition) is 1. The fourth-order valence-electron chi connectivity index (χ4n) is 2.44. The Morgan fingerprint density at radius 1 is 0.760 bits per heavy atom. The highest BCUT2D eigenvalue weighted by Gasteiger charge is 2.13. The van der Waals surface area contributed by atoms with Crippen LogP contribution in [0.5, 0.6) is 0 Å². The van der Waals surface area contributed by atoms with E-state index in [1.54, 1.807) is 0 Å². The van der Waals surface area contributed by atoms with Crippen LogP contribution in [0.2, 0.25) is 0 Å². The maximum Gasteiger partial charge on any atom is 0.0352 e. The Kier molecular flexibility index (Phi) is 6.32. The van der Waals surface area contributed by atoms with Crippen LogP contribution in [0.1, 0.15) is 30.5 Å². The normalized spacial score (nSPS) is 10.6. The third-order valence-electron chi connectivity index (χ3n) is 4.05. The average molecular weight is 329 g/mol. The van der Waals surface area contributed by atoms with Crippen molar-refractivity contribution in [3.8, 4) is 11.1 Å². The zero-order chi connectivity index (χ0) is 18.3. The van der Waals surface area contributed by atoms with Crippen molar-refractivity contribution in [2.24, 2.45) is 5.73 Å². The Bertz CT molecular complexity index is 776. The van der Waals surface area contributed by atoms with E-state index >= 15 is 0 Å². The van der Waals surface area contributed by atoms with E-state index in [0.717, 1.165) is 11.1 Å². The predicted octanol–water partition coefficient (Wildman–Crippen LogP) is 6.19. The lowest BCUT2D eigenvalue weighted by Crippen LogP contribution is -2.28. The van der Waals surface area contributed by atoms with E-state index in [9.17, 15) is 0 Å². The summed E-state index contributed by atoms with van der Waals surface area (Å²) in [7, 11) is 0. The monoisotopic (exact) mass is 329 g/mol. The fraction of sp³-hybridized carbons (Fsp3) is 0.167. The van der Waals surface area contributed by atoms with Crippen LogP contribution >= 0.6 is 0 Å². The van der Waals surface area contributed by atoms with E-state index in [1.165, 1.54) is 16.7 Å². The van der Waals surface area contributed by atoms with Gasteiger partial charge >= 0.3 is 0 Å². The van der Waals surface area contributed by atoms with Gasteiger partial charge in [-0.25, -0.2) is 0 Å². The fourth-order valence-corrected chi connectivity index (χ4v) is 2.44. The van der Waals surface area contributed by atoms with E-state index in [-0.39, 0.29) is 5.54 Å². The zero-order valence-corrected chi connectivity index (χ0v) is 15.4. The largest absolute Gasteiger partial charge is 0.322 e. The Morgan fingerprint density at radius 3 is 1.60 bits per heavy atom. The zero-order valence-electron chi connectivity index (χ0n) is 15.4. The second-order valence-electron chi connectivity index (χ2n) is 6.78. The van der Waals surface area contributed by atoms with Gasteiger partial charge in [-0.15, -0.1) is 0 Å². The molecule has 1 heteroatoms. The second-order valence-corrected chi connectivity index (χ2v) is 6.78. The highest BCUT2D eigenvalue weighted by atomic mass is 14.7. The summed E-state index contributed by atoms with van der Waals surface area (Å²) in [6, 6.07) is 27.1. The van der Waals surface area contributed by atoms with Gasteiger partial charge < -0.3 is 5.73 Å². The molecule has 0 saturated heterocycles. The molecule has 25 heavy (non-hydrogen) atoms. The maximum atomic E-state index is 6.07. The van der Waals surface area contributed by atoms with Crippen molar-refractivity contribution in [2.75, 3.05) is 0 Å². The molecule has 0 bridgehead atoms. The summed E-state index contributed by atoms with van der Waals surface area (Å²) in [6.45, 7) is 9.87. The molecule has 3 rings (SSSR count). The van der Waals surface area contributed by atoms with Gasteiger partial charge in [-0.1, -0.05) is 97.1 Å². The lowest BCUT2D eigenvalue weighted by Gasteiger charge is -2.19. The smallest absolute Gasteiger partial charge is 0.0352 e. The van der Waals surface area contributed by atoms with Gasteiger partial charge in [-0.05, 0) is 43.0 Å². The molecule has 0 amide bonds. The quantitative estimate of drug-likeness (QED) is 0.609. The second kappa shape index (κ2) is 8.46. The molecular weight excluding hydrogens is 302 g/mol. The van der Waals surface area contributed by atoms with Gasteiger partial charge in [0.25, 0.3) is 0 Å². The SMILES string of the molecule is C=Cc1ccc(-c2ccc(C(C)(C)N)cc2)cc1.Cc1ccccc1. The van der Waals surface area contributed by atoms with Crippen molar-refractivity contribution in [1.29, 1.82) is 0 Å². The Morgan fingerprint density at radius 2 is 1.24 bits per heavy atom. The van der Waals surface area contributed by atoms with Crippen molar-refractivity contribution in [1.82, 2.24) is 0 Å². The van der Waals surface area contributed by atoms with Crippen LogP contribution in [0.3, 0.4) is 0 Å². The number of nitrogens with two attached hydrogens (primary N) is 1. The van der Waals surface area contributed by atoms with Crippen molar-refractivity contribution in [2.45, 2.75) is 26.3 Å². The van der Waals surface area contributed by atoms with Gasteiger partial charge in [0.2, 0.25) is 0 Å². The third-order valence-corrected chi connectivity index (χ3v) is 4.05. The first-order valence-corrected chi connectivity index (χ1v) is 8.54. The van der Waals surface area contributed by atoms with Crippen LogP contribution in [-0.4, -0.2) is 0 Å². The summed E-state index contributed by atoms with van der Waals surface area (Å²) in [6.07, 6.45) is 1.85. The maximum absolute atomic E-state index is 6.07. The van der Waals surface area contributed by atoms with Gasteiger partial charge in [0.05, 0.1) is 0 Å². The molecule has 0 aliphatic rings. The molecule has 0 radical (unpaired) electrons. The Labute approximate surface area is 151 Å². The van der Waals surface area contributed by atoms with E-state index < -0.39 is 0 Å². The Hall–Kier alpha value is -2.64. The first-order valence-electron chi connectivity index (χ1n) is 8.54. The standard InChI is InChI=1S/C17H19N.C7H8/c1-4-13-5-7-14(8-6-13)15-9-11-16(12-10-15)17(2,3)18;1-7-5-3-2-4-6-7/h4-12H,1,18H2,2-3H3;2-6H,1H3. The first-order chi connectivity index (χ1) is 11.9. The molecule has 3 aromatic rings. The minimum absolute atomic E-state index is 0.286. The molecule has 2 N–H and O–H groups in total. The molecule has 0 heterocycles. The molecule has 3 aromatic carbocycles. The molecule has 128 valence electrons. The van der Waals surface area contributed by atoms with Crippen LogP contribution in [0.25, 0.3) is 17.2 Å². The Balaban J connectivity index is 0.000000269. The third kappa shape index (κ3) is 5.74. The van der Waals surface area contributed by atoms with Gasteiger partial charge in [0.15, 0.2) is 0 Å². The highest BCUT2D eigenvalue weighted by Crippen LogP contribution is 2.24. The average Bonchev–Trinajstić information content (AvgIpc) is 2.62. The molecule has 0 fully saturated rings. The summed E-state index contributed by atoms with van der Waals surface area (Å²) in [4.78, 5) is 0. The molecule has 0 aliphatic heterocycles. The summed E-state index contributed by atoms with van der Waals surface area (Å²) >= 11 is 0. The number of aryl methyl sites for hydroxylation is 1. The first kappa shape index (κ1) is 18.7. The van der Waals surface area contributed by atoms with Crippen molar-refractivity contribution in [3.63, 3.8) is 0 Å². The molecule has 0 aromatic heterocycles. The summed E-state index contributed by atoms with van der Waals surface area (Å²) in [5, 5.41) is 0. The minimum atomic E-state index is -0.286. The van der Waals surface area contributed by atoms with E-state index in [4.69, 9.17) is 5.73 Å². The molecule has 0 spiro atoms. The van der Waals surface area contributed by atoms with Crippen molar-refractivity contribution in [3.05, 3.63) is 102 Å². The van der Waals surface area contributed by atoms with Gasteiger partial charge in [0, 0.05) is 5.54 Å². The van der Waals surface area contributed by atoms with Crippen LogP contribution in [-0.2, 0) is 5.54 Å². The van der Waals surface area contributed by atoms with E-state index in [1.807, 2.05) is 38.1 Å². The minimum Gasteiger partial charge on any atom is -0.322 e. The van der Waals surface area contributed by atoms with Crippen molar-refractivity contribution < 1.29 is 0 Å². The summed E-state index contributed by atoms with van der Waals surface area (Å²) in [5.41, 5.74) is 11.8. The molecule has 0 saturated carbocycles. The molecule has 1 nitrogen and oxygen atoms in total. The van der Waals surface area contributed by atoms with Gasteiger partial charge in [0.1, 0.15) is 0 Å². The number of hydrogen-bond acceptors (Lipinski definition) is 1. The van der Waals surface area contributed by atoms with E-state index in [2.05, 4.69) is 74.2 Å². The topological polar surface area (TPSA) is 26.0 Å². The summed E-state index contributed by atoms with van der Waals surface area (Å²) < 4.78 is 0. The van der Waals surface area contributed by atoms with Crippen LogP contribution in [0.4, 0.5) is 0 Å².